The van der Waals surface area contributed by atoms with E-state index in [1.807, 2.05) is 13.8 Å². The number of aliphatic carboxylic acids is 3. The Bertz CT molecular complexity index is 1550. The molecular formula is C36H58N6O11S2. The number of hydrogen-bond donors (Lipinski definition) is 8. The van der Waals surface area contributed by atoms with Crippen LogP contribution < -0.4 is 16.0 Å². The maximum atomic E-state index is 15.0. The van der Waals surface area contributed by atoms with Crippen molar-refractivity contribution in [1.29, 1.82) is 0 Å². The van der Waals surface area contributed by atoms with E-state index in [-0.39, 0.29) is 32.9 Å². The van der Waals surface area contributed by atoms with Crippen LogP contribution in [0.2, 0.25) is 0 Å². The lowest BCUT2D eigenvalue weighted by Gasteiger charge is -2.35. The van der Waals surface area contributed by atoms with E-state index in [0.29, 0.717) is 30.8 Å². The summed E-state index contributed by atoms with van der Waals surface area (Å²) in [5.41, 5.74) is -0.607. The average molecular weight is 815 g/mol. The van der Waals surface area contributed by atoms with Crippen molar-refractivity contribution in [1.82, 2.24) is 30.7 Å². The number of carboxylic acids is 3. The van der Waals surface area contributed by atoms with Crippen LogP contribution in [-0.4, -0.2) is 164 Å². The predicted molar refractivity (Wildman–Crippen MR) is 207 cm³/mol. The molecule has 17 nitrogen and oxygen atoms in total. The highest BCUT2D eigenvalue weighted by molar-refractivity contribution is 8.04. The second-order valence-electron chi connectivity index (χ2n) is 14.7. The number of thioether (sulfide) groups is 2. The van der Waals surface area contributed by atoms with Crippen molar-refractivity contribution in [2.24, 2.45) is 23.7 Å². The van der Waals surface area contributed by atoms with Crippen LogP contribution in [0.5, 0.6) is 0 Å². The van der Waals surface area contributed by atoms with Gasteiger partial charge in [-0.2, -0.15) is 0 Å². The molecule has 0 aromatic rings. The van der Waals surface area contributed by atoms with Crippen molar-refractivity contribution >= 4 is 59.2 Å². The number of rotatable bonds is 14. The SMILES string of the molecule is CC.C[C@@H](O)[C@@H](C(=O)O)[C@@H]1NC(C(=O)N2C(C(=O)O)=C(SC3CN[C@H](C(=O)N(C)C)C3)[C@H](C)[C@@H]2[C@H](C(=O)O)[C@@H](C)O)=C(S[C@@H]2CN[C@H](C(=O)N(C)C)C2)[C@@H]1C. The molecule has 4 aliphatic heterocycles. The van der Waals surface area contributed by atoms with Crippen LogP contribution in [0.3, 0.4) is 0 Å². The monoisotopic (exact) mass is 814 g/mol. The largest absolute Gasteiger partial charge is 0.481 e. The second-order valence-corrected chi connectivity index (χ2v) is 17.4. The predicted octanol–water partition coefficient (Wildman–Crippen LogP) is 0.242. The van der Waals surface area contributed by atoms with Crippen molar-refractivity contribution in [3.8, 4) is 0 Å². The Morgan fingerprint density at radius 3 is 1.55 bits per heavy atom. The number of carbonyl (C=O) groups is 6. The summed E-state index contributed by atoms with van der Waals surface area (Å²) in [5, 5.41) is 61.4. The third kappa shape index (κ3) is 9.79. The van der Waals surface area contributed by atoms with Crippen LogP contribution in [0, 0.1) is 23.7 Å². The summed E-state index contributed by atoms with van der Waals surface area (Å²) in [6.45, 7) is 10.6. The minimum absolute atomic E-state index is 0.141. The van der Waals surface area contributed by atoms with Crippen molar-refractivity contribution < 1.29 is 54.3 Å². The van der Waals surface area contributed by atoms with Gasteiger partial charge in [-0.25, -0.2) is 4.79 Å². The van der Waals surface area contributed by atoms with Gasteiger partial charge in [0.25, 0.3) is 5.91 Å². The minimum atomic E-state index is -1.63. The lowest BCUT2D eigenvalue weighted by Crippen LogP contribution is -2.52. The molecule has 0 radical (unpaired) electrons. The van der Waals surface area contributed by atoms with Gasteiger partial charge in [-0.3, -0.25) is 28.9 Å². The summed E-state index contributed by atoms with van der Waals surface area (Å²) in [7, 11) is 6.52. The van der Waals surface area contributed by atoms with Gasteiger partial charge >= 0.3 is 17.9 Å². The quantitative estimate of drug-likeness (QED) is 0.117. The topological polar surface area (TPSA) is 249 Å². The maximum Gasteiger partial charge on any atom is 0.353 e. The summed E-state index contributed by atoms with van der Waals surface area (Å²) in [6.07, 6.45) is -2.14. The van der Waals surface area contributed by atoms with E-state index in [1.54, 1.807) is 42.0 Å². The number of aliphatic hydroxyl groups is 2. The van der Waals surface area contributed by atoms with E-state index in [1.165, 1.54) is 35.4 Å². The van der Waals surface area contributed by atoms with Crippen LogP contribution in [-0.2, 0) is 28.8 Å². The fraction of sp³-hybridized carbons (Fsp3) is 0.722. The number of hydrogen-bond acceptors (Lipinski definition) is 13. The van der Waals surface area contributed by atoms with Crippen LogP contribution >= 0.6 is 23.5 Å². The van der Waals surface area contributed by atoms with Crippen LogP contribution in [0.4, 0.5) is 0 Å². The summed E-state index contributed by atoms with van der Waals surface area (Å²) in [6, 6.07) is -3.42. The Labute approximate surface area is 330 Å². The third-order valence-corrected chi connectivity index (χ3v) is 13.5. The normalized spacial score (nSPS) is 29.9. The molecule has 4 rings (SSSR count). The molecule has 0 saturated carbocycles. The van der Waals surface area contributed by atoms with E-state index >= 15 is 4.79 Å². The molecule has 1 unspecified atom stereocenters. The van der Waals surface area contributed by atoms with Crippen LogP contribution in [0.1, 0.15) is 54.4 Å². The van der Waals surface area contributed by atoms with Gasteiger partial charge in [-0.05, 0) is 26.7 Å². The molecule has 4 aliphatic rings. The first-order valence-corrected chi connectivity index (χ1v) is 20.3. The van der Waals surface area contributed by atoms with Gasteiger partial charge in [0, 0.05) is 79.5 Å². The minimum Gasteiger partial charge on any atom is -0.481 e. The molecule has 55 heavy (non-hydrogen) atoms. The molecule has 0 aromatic carbocycles. The third-order valence-electron chi connectivity index (χ3n) is 10.5. The number of aliphatic hydroxyl groups excluding tert-OH is 2. The highest BCUT2D eigenvalue weighted by atomic mass is 32.2. The Kier molecular flexibility index (Phi) is 16.1. The lowest BCUT2D eigenvalue weighted by molar-refractivity contribution is -0.152. The first kappa shape index (κ1) is 46.0. The first-order valence-electron chi connectivity index (χ1n) is 18.5. The van der Waals surface area contributed by atoms with Crippen molar-refractivity contribution in [2.45, 2.75) is 101 Å². The molecule has 3 amide bonds. The lowest BCUT2D eigenvalue weighted by atomic mass is 9.86. The molecule has 19 heteroatoms. The molecule has 0 bridgehead atoms. The highest BCUT2D eigenvalue weighted by Gasteiger charge is 2.54. The van der Waals surface area contributed by atoms with Gasteiger partial charge in [0.1, 0.15) is 23.2 Å². The second kappa shape index (κ2) is 19.2. The fourth-order valence-electron chi connectivity index (χ4n) is 7.79. The maximum absolute atomic E-state index is 15.0. The van der Waals surface area contributed by atoms with Crippen molar-refractivity contribution in [3.63, 3.8) is 0 Å². The summed E-state index contributed by atoms with van der Waals surface area (Å²) in [4.78, 5) is 83.3. The number of likely N-dealkylation sites (N-methyl/N-ethyl adjacent to an activating group) is 2. The molecule has 2 fully saturated rings. The number of nitrogens with one attached hydrogen (secondary N) is 3. The summed E-state index contributed by atoms with van der Waals surface area (Å²) in [5.74, 6) is -10.1. The number of carboxylic acid groups (broad SMARTS) is 3. The number of carbonyl (C=O) groups excluding carboxylic acids is 3. The van der Waals surface area contributed by atoms with E-state index in [0.717, 1.165) is 16.7 Å². The standard InChI is InChI=1S/C34H52N6O11S2.C2H6/c1-13-23(21(15(3)41)32(46)47)37-24(27(13)52-17-9-19(35-11-17)29(43)38(5)6)31(45)40-25(22(16(4)42)33(48)49)14(2)28(26(40)34(50)51)53-18-10-20(36-12-18)30(44)39(7)8;1-2/h13-23,25,35-37,41-42H,9-12H2,1-8H3,(H,46,47)(H,48,49)(H,50,51);1-2H3/t13-,14-,15-,16-,17+,18?,19+,20+,21-,22-,23-,25-;/m1./s1. The van der Waals surface area contributed by atoms with Gasteiger partial charge in [0.15, 0.2) is 0 Å². The molecule has 8 N–H and O–H groups in total. The van der Waals surface area contributed by atoms with E-state index < -0.39 is 89.6 Å². The van der Waals surface area contributed by atoms with Gasteiger partial charge in [0.2, 0.25) is 11.8 Å². The Morgan fingerprint density at radius 1 is 0.727 bits per heavy atom. The molecule has 310 valence electrons. The Morgan fingerprint density at radius 2 is 1.16 bits per heavy atom. The zero-order valence-corrected chi connectivity index (χ0v) is 34.7. The highest BCUT2D eigenvalue weighted by Crippen LogP contribution is 2.49. The Hall–Kier alpha value is -3.36. The van der Waals surface area contributed by atoms with Gasteiger partial charge < -0.3 is 51.3 Å². The summed E-state index contributed by atoms with van der Waals surface area (Å²) >= 11 is 2.39. The number of amides is 3. The molecule has 0 aromatic heterocycles. The molecule has 0 aliphatic carbocycles. The van der Waals surface area contributed by atoms with Crippen LogP contribution in [0.15, 0.2) is 21.2 Å². The molecule has 2 saturated heterocycles. The fourth-order valence-corrected chi connectivity index (χ4v) is 10.7. The molecule has 4 heterocycles. The van der Waals surface area contributed by atoms with Gasteiger partial charge in [-0.1, -0.05) is 27.7 Å². The Balaban J connectivity index is 0.00000399. The molecule has 12 atom stereocenters. The van der Waals surface area contributed by atoms with Crippen molar-refractivity contribution in [2.75, 3.05) is 41.3 Å². The number of nitrogens with zero attached hydrogens (tertiary/aromatic N) is 3. The molecule has 0 spiro atoms. The van der Waals surface area contributed by atoms with E-state index in [2.05, 4.69) is 16.0 Å². The van der Waals surface area contributed by atoms with Crippen LogP contribution in [0.25, 0.3) is 0 Å². The van der Waals surface area contributed by atoms with Crippen molar-refractivity contribution in [3.05, 3.63) is 21.2 Å². The zero-order valence-electron chi connectivity index (χ0n) is 33.1. The van der Waals surface area contributed by atoms with E-state index in [4.69, 9.17) is 0 Å². The van der Waals surface area contributed by atoms with E-state index in [9.17, 15) is 49.5 Å². The smallest absolute Gasteiger partial charge is 0.353 e. The molecular weight excluding hydrogens is 757 g/mol. The van der Waals surface area contributed by atoms with Gasteiger partial charge in [-0.15, -0.1) is 23.5 Å². The van der Waals surface area contributed by atoms with Gasteiger partial charge in [0.05, 0.1) is 30.3 Å². The zero-order chi connectivity index (χ0) is 41.8. The summed E-state index contributed by atoms with van der Waals surface area (Å²) < 4.78 is 0. The average Bonchev–Trinajstić information content (AvgIpc) is 3.89. The first-order chi connectivity index (χ1) is 25.7.